The Hall–Kier alpha value is -0.0800. The van der Waals surface area contributed by atoms with Crippen LogP contribution in [0.15, 0.2) is 0 Å². The van der Waals surface area contributed by atoms with Crippen molar-refractivity contribution < 1.29 is 0 Å². The van der Waals surface area contributed by atoms with Gasteiger partial charge in [-0.3, -0.25) is 0 Å². The molecule has 0 saturated carbocycles. The zero-order valence-corrected chi connectivity index (χ0v) is 8.57. The van der Waals surface area contributed by atoms with Gasteiger partial charge in [-0.25, -0.2) is 0 Å². The summed E-state index contributed by atoms with van der Waals surface area (Å²) in [5.41, 5.74) is 0.465. The Morgan fingerprint density at radius 3 is 2.46 bits per heavy atom. The summed E-state index contributed by atoms with van der Waals surface area (Å²) in [6.07, 6.45) is 9.77. The summed E-state index contributed by atoms with van der Waals surface area (Å²) < 4.78 is 0. The van der Waals surface area contributed by atoms with Gasteiger partial charge in [0.05, 0.1) is 0 Å². The highest BCUT2D eigenvalue weighted by Crippen LogP contribution is 2.25. The zero-order chi connectivity index (χ0) is 8.99. The van der Waals surface area contributed by atoms with Crippen LogP contribution in [0.1, 0.15) is 44.9 Å². The van der Waals surface area contributed by atoms with Crippen LogP contribution < -0.4 is 10.6 Å². The molecule has 2 saturated heterocycles. The van der Waals surface area contributed by atoms with Crippen LogP contribution in [0.25, 0.3) is 0 Å². The summed E-state index contributed by atoms with van der Waals surface area (Å²) in [6.45, 7) is 3.66. The SMILES string of the molecule is C1CCN[C@@]2(CC1)CCCCNC2. The van der Waals surface area contributed by atoms with Gasteiger partial charge in [0.2, 0.25) is 0 Å². The molecule has 1 spiro atoms. The number of hydrogen-bond donors (Lipinski definition) is 2. The van der Waals surface area contributed by atoms with E-state index in [-0.39, 0.29) is 0 Å². The van der Waals surface area contributed by atoms with Crippen molar-refractivity contribution in [2.75, 3.05) is 19.6 Å². The molecule has 2 aliphatic heterocycles. The van der Waals surface area contributed by atoms with E-state index < -0.39 is 0 Å². The van der Waals surface area contributed by atoms with E-state index in [2.05, 4.69) is 10.6 Å². The third-order valence-corrected chi connectivity index (χ3v) is 3.55. The molecule has 13 heavy (non-hydrogen) atoms. The largest absolute Gasteiger partial charge is 0.315 e. The second kappa shape index (κ2) is 4.43. The van der Waals surface area contributed by atoms with Crippen molar-refractivity contribution in [3.63, 3.8) is 0 Å². The fourth-order valence-corrected chi connectivity index (χ4v) is 2.70. The summed E-state index contributed by atoms with van der Waals surface area (Å²) in [4.78, 5) is 0. The van der Waals surface area contributed by atoms with Crippen molar-refractivity contribution in [3.05, 3.63) is 0 Å². The lowest BCUT2D eigenvalue weighted by atomic mass is 9.89. The summed E-state index contributed by atoms with van der Waals surface area (Å²) in [7, 11) is 0. The first-order valence-electron chi connectivity index (χ1n) is 5.87. The quantitative estimate of drug-likeness (QED) is 0.595. The normalized spacial score (nSPS) is 36.9. The predicted octanol–water partition coefficient (Wildman–Crippen LogP) is 1.66. The van der Waals surface area contributed by atoms with Gasteiger partial charge in [-0.1, -0.05) is 19.3 Å². The molecule has 1 atom stereocenters. The molecule has 2 nitrogen and oxygen atoms in total. The van der Waals surface area contributed by atoms with Gasteiger partial charge >= 0.3 is 0 Å². The van der Waals surface area contributed by atoms with Gasteiger partial charge in [0.25, 0.3) is 0 Å². The lowest BCUT2D eigenvalue weighted by molar-refractivity contribution is 0.293. The van der Waals surface area contributed by atoms with Crippen LogP contribution in [0.5, 0.6) is 0 Å². The Labute approximate surface area is 81.5 Å². The molecule has 0 aromatic heterocycles. The Kier molecular flexibility index (Phi) is 3.23. The maximum Gasteiger partial charge on any atom is 0.0306 e. The van der Waals surface area contributed by atoms with E-state index in [1.165, 1.54) is 64.6 Å². The standard InChI is InChI=1S/C11H22N2/c1-2-6-11(13-9-4-1)7-3-5-8-12-10-11/h12-13H,1-10H2/t11-/m0/s1. The van der Waals surface area contributed by atoms with Crippen LogP contribution in [0.4, 0.5) is 0 Å². The molecule has 76 valence electrons. The third-order valence-electron chi connectivity index (χ3n) is 3.55. The summed E-state index contributed by atoms with van der Waals surface area (Å²) in [5.74, 6) is 0. The Morgan fingerprint density at radius 1 is 0.769 bits per heavy atom. The van der Waals surface area contributed by atoms with Crippen LogP contribution in [0.3, 0.4) is 0 Å². The highest BCUT2D eigenvalue weighted by molar-refractivity contribution is 4.93. The Bertz CT molecular complexity index is 119. The molecule has 2 N–H and O–H groups in total. The highest BCUT2D eigenvalue weighted by atomic mass is 15.0. The minimum absolute atomic E-state index is 0.465. The first kappa shape index (κ1) is 9.47. The Morgan fingerprint density at radius 2 is 1.54 bits per heavy atom. The average Bonchev–Trinajstić information content (AvgIpc) is 2.50. The Balaban J connectivity index is 1.97. The van der Waals surface area contributed by atoms with Crippen molar-refractivity contribution >= 4 is 0 Å². The minimum Gasteiger partial charge on any atom is -0.315 e. The maximum absolute atomic E-state index is 3.77. The smallest absolute Gasteiger partial charge is 0.0306 e. The molecule has 0 amide bonds. The van der Waals surface area contributed by atoms with Gasteiger partial charge in [-0.15, -0.1) is 0 Å². The van der Waals surface area contributed by atoms with E-state index >= 15 is 0 Å². The van der Waals surface area contributed by atoms with Gasteiger partial charge < -0.3 is 10.6 Å². The van der Waals surface area contributed by atoms with E-state index in [1.807, 2.05) is 0 Å². The first-order chi connectivity index (χ1) is 6.41. The lowest BCUT2D eigenvalue weighted by Crippen LogP contribution is -2.50. The lowest BCUT2D eigenvalue weighted by Gasteiger charge is -2.32. The molecule has 0 radical (unpaired) electrons. The van der Waals surface area contributed by atoms with Gasteiger partial charge in [-0.05, 0) is 38.8 Å². The molecule has 0 unspecified atom stereocenters. The molecule has 0 aromatic carbocycles. The van der Waals surface area contributed by atoms with Gasteiger partial charge in [0, 0.05) is 12.1 Å². The molecule has 2 aliphatic rings. The number of nitrogens with one attached hydrogen (secondary N) is 2. The number of hydrogen-bond acceptors (Lipinski definition) is 2. The molecular weight excluding hydrogens is 160 g/mol. The number of rotatable bonds is 0. The van der Waals surface area contributed by atoms with E-state index in [0.717, 1.165) is 0 Å². The zero-order valence-electron chi connectivity index (χ0n) is 8.57. The van der Waals surface area contributed by atoms with Crippen LogP contribution >= 0.6 is 0 Å². The van der Waals surface area contributed by atoms with E-state index in [0.29, 0.717) is 5.54 Å². The van der Waals surface area contributed by atoms with Gasteiger partial charge in [0.15, 0.2) is 0 Å². The van der Waals surface area contributed by atoms with Crippen molar-refractivity contribution in [2.24, 2.45) is 0 Å². The van der Waals surface area contributed by atoms with E-state index in [1.54, 1.807) is 0 Å². The first-order valence-corrected chi connectivity index (χ1v) is 5.87. The topological polar surface area (TPSA) is 24.1 Å². The van der Waals surface area contributed by atoms with E-state index in [4.69, 9.17) is 0 Å². The predicted molar refractivity (Wildman–Crippen MR) is 55.9 cm³/mol. The van der Waals surface area contributed by atoms with Crippen LogP contribution in [0.2, 0.25) is 0 Å². The molecule has 2 fully saturated rings. The molecule has 0 bridgehead atoms. The second-order valence-electron chi connectivity index (χ2n) is 4.65. The van der Waals surface area contributed by atoms with Crippen molar-refractivity contribution in [1.82, 2.24) is 10.6 Å². The van der Waals surface area contributed by atoms with Gasteiger partial charge in [0.1, 0.15) is 0 Å². The highest BCUT2D eigenvalue weighted by Gasteiger charge is 2.30. The maximum atomic E-state index is 3.77. The monoisotopic (exact) mass is 182 g/mol. The van der Waals surface area contributed by atoms with Crippen molar-refractivity contribution in [3.8, 4) is 0 Å². The average molecular weight is 182 g/mol. The fraction of sp³-hybridized carbons (Fsp3) is 1.00. The van der Waals surface area contributed by atoms with E-state index in [9.17, 15) is 0 Å². The van der Waals surface area contributed by atoms with Crippen LogP contribution in [0, 0.1) is 0 Å². The van der Waals surface area contributed by atoms with Crippen LogP contribution in [-0.4, -0.2) is 25.2 Å². The summed E-state index contributed by atoms with van der Waals surface area (Å²) >= 11 is 0. The molecule has 2 heteroatoms. The van der Waals surface area contributed by atoms with Gasteiger partial charge in [-0.2, -0.15) is 0 Å². The minimum atomic E-state index is 0.465. The molecular formula is C11H22N2. The molecule has 0 aliphatic carbocycles. The van der Waals surface area contributed by atoms with Crippen LogP contribution in [-0.2, 0) is 0 Å². The summed E-state index contributed by atoms with van der Waals surface area (Å²) in [5, 5.41) is 7.35. The molecule has 2 rings (SSSR count). The fourth-order valence-electron chi connectivity index (χ4n) is 2.70. The third kappa shape index (κ3) is 2.44. The molecule has 2 heterocycles. The van der Waals surface area contributed by atoms with Crippen molar-refractivity contribution in [1.29, 1.82) is 0 Å². The molecule has 0 aromatic rings. The second-order valence-corrected chi connectivity index (χ2v) is 4.65. The summed E-state index contributed by atoms with van der Waals surface area (Å²) in [6, 6.07) is 0. The van der Waals surface area contributed by atoms with Crippen molar-refractivity contribution in [2.45, 2.75) is 50.5 Å².